The number of hydrogen-bond acceptors (Lipinski definition) is 2. The van der Waals surface area contributed by atoms with Crippen molar-refractivity contribution in [2.75, 3.05) is 0 Å². The van der Waals surface area contributed by atoms with Gasteiger partial charge in [-0.05, 0) is 44.4 Å². The molecule has 4 aromatic carbocycles. The maximum Gasteiger partial charge on any atom is 0.0713 e. The molecule has 0 aliphatic heterocycles. The zero-order valence-corrected chi connectivity index (χ0v) is 16.4. The SMILES string of the molecule is [N-]=[N+]=Nc1ccc(C2(c3ccc(N=[N+]=[N-])cc3)c3ccccc3-c3ccccc32)cc1. The Morgan fingerprint density at radius 2 is 0.903 bits per heavy atom. The third kappa shape index (κ3) is 2.75. The summed E-state index contributed by atoms with van der Waals surface area (Å²) in [5, 5.41) is 7.45. The summed E-state index contributed by atoms with van der Waals surface area (Å²) in [5.41, 5.74) is 25.0. The van der Waals surface area contributed by atoms with E-state index in [9.17, 15) is 0 Å². The minimum absolute atomic E-state index is 0.545. The number of azide groups is 2. The fourth-order valence-electron chi connectivity index (χ4n) is 4.68. The van der Waals surface area contributed by atoms with E-state index in [4.69, 9.17) is 11.1 Å². The van der Waals surface area contributed by atoms with Gasteiger partial charge in [0, 0.05) is 21.2 Å². The van der Waals surface area contributed by atoms with Crippen molar-refractivity contribution in [3.63, 3.8) is 0 Å². The number of nitrogens with zero attached hydrogens (tertiary/aromatic N) is 6. The van der Waals surface area contributed by atoms with Crippen LogP contribution in [0, 0.1) is 0 Å². The summed E-state index contributed by atoms with van der Waals surface area (Å²) in [6, 6.07) is 32.3. The first-order chi connectivity index (χ1) is 15.3. The highest BCUT2D eigenvalue weighted by Gasteiger charge is 2.45. The highest BCUT2D eigenvalue weighted by molar-refractivity contribution is 5.86. The Kier molecular flexibility index (Phi) is 4.42. The van der Waals surface area contributed by atoms with Crippen molar-refractivity contribution < 1.29 is 0 Å². The molecular formula is C25H16N6. The largest absolute Gasteiger partial charge is 0.0713 e. The lowest BCUT2D eigenvalue weighted by Crippen LogP contribution is -2.28. The molecule has 146 valence electrons. The lowest BCUT2D eigenvalue weighted by Gasteiger charge is -2.34. The molecule has 0 radical (unpaired) electrons. The molecule has 6 nitrogen and oxygen atoms in total. The minimum Gasteiger partial charge on any atom is -0.0619 e. The van der Waals surface area contributed by atoms with Gasteiger partial charge in [0.15, 0.2) is 0 Å². The molecule has 0 unspecified atom stereocenters. The van der Waals surface area contributed by atoms with E-state index in [2.05, 4.69) is 68.6 Å². The van der Waals surface area contributed by atoms with Crippen LogP contribution in [0.4, 0.5) is 11.4 Å². The molecule has 0 bridgehead atoms. The summed E-state index contributed by atoms with van der Waals surface area (Å²) in [4.78, 5) is 5.79. The first-order valence-corrected chi connectivity index (χ1v) is 9.79. The monoisotopic (exact) mass is 400 g/mol. The molecule has 0 aromatic heterocycles. The van der Waals surface area contributed by atoms with E-state index in [-0.39, 0.29) is 0 Å². The number of rotatable bonds is 4. The van der Waals surface area contributed by atoms with Crippen molar-refractivity contribution in [2.24, 2.45) is 10.2 Å². The number of benzene rings is 4. The van der Waals surface area contributed by atoms with Crippen LogP contribution in [0.25, 0.3) is 32.0 Å². The second-order valence-corrected chi connectivity index (χ2v) is 7.31. The maximum atomic E-state index is 8.78. The summed E-state index contributed by atoms with van der Waals surface area (Å²) < 4.78 is 0. The molecule has 0 heterocycles. The lowest BCUT2D eigenvalue weighted by molar-refractivity contribution is 0.768. The zero-order valence-electron chi connectivity index (χ0n) is 16.4. The van der Waals surface area contributed by atoms with Crippen LogP contribution in [0.1, 0.15) is 22.3 Å². The van der Waals surface area contributed by atoms with Gasteiger partial charge in [0.1, 0.15) is 0 Å². The Morgan fingerprint density at radius 3 is 1.29 bits per heavy atom. The molecule has 31 heavy (non-hydrogen) atoms. The summed E-state index contributed by atoms with van der Waals surface area (Å²) in [6.07, 6.45) is 0. The molecule has 1 aliphatic rings. The van der Waals surface area contributed by atoms with E-state index in [1.165, 1.54) is 22.3 Å². The topological polar surface area (TPSA) is 97.5 Å². The van der Waals surface area contributed by atoms with Crippen LogP contribution < -0.4 is 0 Å². The molecule has 0 saturated heterocycles. The standard InChI is InChI=1S/C25H16N6/c26-30-28-19-13-9-17(10-14-19)25(18-11-15-20(16-12-18)29-31-27)23-7-3-1-5-21(23)22-6-2-4-8-24(22)25/h1-16H. The van der Waals surface area contributed by atoms with Crippen LogP contribution in [-0.2, 0) is 5.41 Å². The van der Waals surface area contributed by atoms with E-state index in [0.29, 0.717) is 11.4 Å². The van der Waals surface area contributed by atoms with Crippen LogP contribution in [0.3, 0.4) is 0 Å². The first-order valence-electron chi connectivity index (χ1n) is 9.79. The Morgan fingerprint density at radius 1 is 0.516 bits per heavy atom. The second kappa shape index (κ2) is 7.39. The van der Waals surface area contributed by atoms with Crippen molar-refractivity contribution in [1.29, 1.82) is 0 Å². The Labute approximate surface area is 178 Å². The van der Waals surface area contributed by atoms with Gasteiger partial charge in [-0.25, -0.2) is 0 Å². The average molecular weight is 400 g/mol. The van der Waals surface area contributed by atoms with Gasteiger partial charge in [0.25, 0.3) is 0 Å². The second-order valence-electron chi connectivity index (χ2n) is 7.31. The van der Waals surface area contributed by atoms with Crippen molar-refractivity contribution in [3.8, 4) is 11.1 Å². The average Bonchev–Trinajstić information content (AvgIpc) is 3.12. The van der Waals surface area contributed by atoms with Gasteiger partial charge in [-0.2, -0.15) is 0 Å². The van der Waals surface area contributed by atoms with Gasteiger partial charge in [0.05, 0.1) is 5.41 Å². The fraction of sp³-hybridized carbons (Fsp3) is 0.0400. The summed E-state index contributed by atoms with van der Waals surface area (Å²) in [6.45, 7) is 0. The minimum atomic E-state index is -0.545. The van der Waals surface area contributed by atoms with Crippen molar-refractivity contribution in [3.05, 3.63) is 140 Å². The van der Waals surface area contributed by atoms with Crippen LogP contribution >= 0.6 is 0 Å². The molecule has 5 rings (SSSR count). The highest BCUT2D eigenvalue weighted by Crippen LogP contribution is 2.56. The first kappa shape index (κ1) is 18.5. The van der Waals surface area contributed by atoms with E-state index >= 15 is 0 Å². The highest BCUT2D eigenvalue weighted by atomic mass is 15.1. The van der Waals surface area contributed by atoms with E-state index in [1.807, 2.05) is 48.5 Å². The van der Waals surface area contributed by atoms with E-state index in [0.717, 1.165) is 11.1 Å². The van der Waals surface area contributed by atoms with Crippen molar-refractivity contribution in [2.45, 2.75) is 5.41 Å². The normalized spacial score (nSPS) is 12.8. The fourth-order valence-corrected chi connectivity index (χ4v) is 4.68. The van der Waals surface area contributed by atoms with Gasteiger partial charge in [-0.1, -0.05) is 107 Å². The molecule has 0 spiro atoms. The quantitative estimate of drug-likeness (QED) is 0.166. The van der Waals surface area contributed by atoms with Gasteiger partial charge < -0.3 is 0 Å². The summed E-state index contributed by atoms with van der Waals surface area (Å²) in [5.74, 6) is 0. The van der Waals surface area contributed by atoms with Crippen molar-refractivity contribution >= 4 is 11.4 Å². The molecule has 0 fully saturated rings. The third-order valence-corrected chi connectivity index (χ3v) is 5.87. The molecule has 0 amide bonds. The predicted octanol–water partition coefficient (Wildman–Crippen LogP) is 7.93. The number of fused-ring (bicyclic) bond motifs is 3. The van der Waals surface area contributed by atoms with Gasteiger partial charge in [-0.3, -0.25) is 0 Å². The van der Waals surface area contributed by atoms with E-state index < -0.39 is 5.41 Å². The lowest BCUT2D eigenvalue weighted by atomic mass is 9.67. The van der Waals surface area contributed by atoms with Crippen LogP contribution in [0.15, 0.2) is 107 Å². The van der Waals surface area contributed by atoms with Gasteiger partial charge in [0.2, 0.25) is 0 Å². The number of hydrogen-bond donors (Lipinski definition) is 0. The van der Waals surface area contributed by atoms with Crippen molar-refractivity contribution in [1.82, 2.24) is 0 Å². The Bertz CT molecular complexity index is 1270. The predicted molar refractivity (Wildman–Crippen MR) is 121 cm³/mol. The molecule has 1 aliphatic carbocycles. The molecule has 0 N–H and O–H groups in total. The van der Waals surface area contributed by atoms with Crippen LogP contribution in [-0.4, -0.2) is 0 Å². The Balaban J connectivity index is 1.86. The smallest absolute Gasteiger partial charge is 0.0619 e. The molecular weight excluding hydrogens is 384 g/mol. The summed E-state index contributed by atoms with van der Waals surface area (Å²) >= 11 is 0. The van der Waals surface area contributed by atoms with Gasteiger partial charge >= 0.3 is 0 Å². The molecule has 0 atom stereocenters. The maximum absolute atomic E-state index is 8.78. The Hall–Kier alpha value is -4.50. The third-order valence-electron chi connectivity index (χ3n) is 5.87. The van der Waals surface area contributed by atoms with Gasteiger partial charge in [-0.15, -0.1) is 0 Å². The zero-order chi connectivity index (χ0) is 21.3. The summed E-state index contributed by atoms with van der Waals surface area (Å²) in [7, 11) is 0. The van der Waals surface area contributed by atoms with E-state index in [1.54, 1.807) is 0 Å². The van der Waals surface area contributed by atoms with Crippen LogP contribution in [0.5, 0.6) is 0 Å². The molecule has 4 aromatic rings. The molecule has 0 saturated carbocycles. The molecule has 6 heteroatoms. The van der Waals surface area contributed by atoms with Crippen LogP contribution in [0.2, 0.25) is 0 Å².